The van der Waals surface area contributed by atoms with Crippen LogP contribution in [0, 0.1) is 29.8 Å². The molecule has 210 valence electrons. The number of carbonyl (C=O) groups excluding carboxylic acids is 1. The third kappa shape index (κ3) is 6.34. The minimum Gasteiger partial charge on any atom is -0.497 e. The van der Waals surface area contributed by atoms with Crippen molar-refractivity contribution in [2.45, 2.75) is 51.6 Å². The zero-order chi connectivity index (χ0) is 28.2. The Balaban J connectivity index is 1.40. The molecule has 1 atom stereocenters. The zero-order valence-electron chi connectivity index (χ0n) is 22.1. The molecule has 0 bridgehead atoms. The summed E-state index contributed by atoms with van der Waals surface area (Å²) in [4.78, 5) is 19.4. The number of aliphatic hydroxyl groups excluding tert-OH is 1. The third-order valence-electron chi connectivity index (χ3n) is 7.95. The van der Waals surface area contributed by atoms with Gasteiger partial charge in [-0.3, -0.25) is 15.0 Å². The molecule has 39 heavy (non-hydrogen) atoms. The van der Waals surface area contributed by atoms with Gasteiger partial charge in [-0.25, -0.2) is 18.7 Å². The largest absolute Gasteiger partial charge is 0.497 e. The molecule has 1 aromatic heterocycles. The van der Waals surface area contributed by atoms with Crippen LogP contribution in [0.15, 0.2) is 36.5 Å². The number of halogens is 3. The lowest BCUT2D eigenvalue weighted by atomic mass is 9.73. The molecule has 0 aliphatic carbocycles. The van der Waals surface area contributed by atoms with Gasteiger partial charge in [0.15, 0.2) is 0 Å². The normalized spacial score (nSPS) is 16.3. The molecule has 0 saturated carbocycles. The highest BCUT2D eigenvalue weighted by molar-refractivity contribution is 5.85. The van der Waals surface area contributed by atoms with E-state index in [1.54, 1.807) is 13.3 Å². The van der Waals surface area contributed by atoms with Gasteiger partial charge in [-0.1, -0.05) is 0 Å². The predicted molar refractivity (Wildman–Crippen MR) is 140 cm³/mol. The molecule has 0 spiro atoms. The molecule has 1 saturated heterocycles. The summed E-state index contributed by atoms with van der Waals surface area (Å²) < 4.78 is 46.4. The number of rotatable bonds is 10. The van der Waals surface area contributed by atoms with Crippen LogP contribution >= 0.6 is 0 Å². The number of nitrogens with zero attached hydrogens (tertiary/aromatic N) is 2. The molecule has 1 aliphatic heterocycles. The van der Waals surface area contributed by atoms with Crippen molar-refractivity contribution in [2.24, 2.45) is 5.41 Å². The first-order chi connectivity index (χ1) is 18.7. The smallest absolute Gasteiger partial charge is 0.249 e. The van der Waals surface area contributed by atoms with E-state index in [-0.39, 0.29) is 12.0 Å². The lowest BCUT2D eigenvalue weighted by Crippen LogP contribution is -2.48. The molecule has 1 aliphatic rings. The number of ether oxygens (including phenoxy) is 1. The van der Waals surface area contributed by atoms with Crippen molar-refractivity contribution in [2.75, 3.05) is 26.7 Å². The summed E-state index contributed by atoms with van der Waals surface area (Å²) in [6.45, 7) is 3.53. The molecular formula is C29H34F3N3O4. The Kier molecular flexibility index (Phi) is 9.09. The highest BCUT2D eigenvalue weighted by atomic mass is 19.1. The Bertz CT molecular complexity index is 1310. The van der Waals surface area contributed by atoms with Crippen LogP contribution in [0.1, 0.15) is 54.9 Å². The van der Waals surface area contributed by atoms with E-state index >= 15 is 0 Å². The van der Waals surface area contributed by atoms with Crippen molar-refractivity contribution in [3.63, 3.8) is 0 Å². The van der Waals surface area contributed by atoms with Gasteiger partial charge in [-0.05, 0) is 94.4 Å². The van der Waals surface area contributed by atoms with Crippen LogP contribution in [0.3, 0.4) is 0 Å². The number of aryl methyl sites for hydroxylation is 1. The summed E-state index contributed by atoms with van der Waals surface area (Å²) in [5.41, 5.74) is 3.10. The van der Waals surface area contributed by atoms with E-state index in [0.717, 1.165) is 22.0 Å². The average molecular weight is 546 g/mol. The minimum absolute atomic E-state index is 0.132. The quantitative estimate of drug-likeness (QED) is 0.245. The van der Waals surface area contributed by atoms with Crippen LogP contribution in [0.2, 0.25) is 0 Å². The summed E-state index contributed by atoms with van der Waals surface area (Å²) in [5.74, 6) is -2.56. The Labute approximate surface area is 225 Å². The van der Waals surface area contributed by atoms with Crippen molar-refractivity contribution < 1.29 is 33.0 Å². The first-order valence-corrected chi connectivity index (χ1v) is 13.1. The SMILES string of the molecule is COc1ccc2ncc(C)c([C@H](O)CCC3(C(=O)NO)CCN(CCCc4c(F)cc(F)cc4F)CC3)c2c1. The number of fused-ring (bicyclic) bond motifs is 1. The van der Waals surface area contributed by atoms with E-state index in [9.17, 15) is 28.3 Å². The fourth-order valence-electron chi connectivity index (χ4n) is 5.62. The van der Waals surface area contributed by atoms with Gasteiger partial charge in [0.1, 0.15) is 23.2 Å². The molecule has 1 fully saturated rings. The second-order valence-electron chi connectivity index (χ2n) is 10.3. The zero-order valence-corrected chi connectivity index (χ0v) is 22.1. The summed E-state index contributed by atoms with van der Waals surface area (Å²) in [6, 6.07) is 6.85. The number of piperidine rings is 1. The van der Waals surface area contributed by atoms with Crippen LogP contribution in [-0.4, -0.2) is 52.8 Å². The molecule has 2 aromatic carbocycles. The van der Waals surface area contributed by atoms with E-state index in [1.807, 2.05) is 30.6 Å². The monoisotopic (exact) mass is 545 g/mol. The summed E-state index contributed by atoms with van der Waals surface area (Å²) >= 11 is 0. The van der Waals surface area contributed by atoms with Gasteiger partial charge < -0.3 is 14.7 Å². The van der Waals surface area contributed by atoms with E-state index in [0.29, 0.717) is 69.6 Å². The minimum atomic E-state index is -0.944. The number of nitrogens with one attached hydrogen (secondary N) is 1. The number of hydrogen-bond acceptors (Lipinski definition) is 6. The molecule has 0 radical (unpaired) electrons. The predicted octanol–water partition coefficient (Wildman–Crippen LogP) is 5.00. The number of carbonyl (C=O) groups is 1. The highest BCUT2D eigenvalue weighted by Gasteiger charge is 2.41. The van der Waals surface area contributed by atoms with Gasteiger partial charge in [0.25, 0.3) is 0 Å². The van der Waals surface area contributed by atoms with Gasteiger partial charge in [-0.2, -0.15) is 0 Å². The van der Waals surface area contributed by atoms with Crippen LogP contribution in [0.4, 0.5) is 13.2 Å². The van der Waals surface area contributed by atoms with E-state index in [2.05, 4.69) is 9.88 Å². The molecule has 0 unspecified atom stereocenters. The topological polar surface area (TPSA) is 94.9 Å². The van der Waals surface area contributed by atoms with E-state index < -0.39 is 34.9 Å². The number of aliphatic hydroxyl groups is 1. The van der Waals surface area contributed by atoms with Crippen molar-refractivity contribution in [3.05, 3.63) is 70.7 Å². The second kappa shape index (κ2) is 12.3. The Hall–Kier alpha value is -3.21. The molecule has 3 N–H and O–H groups in total. The maximum absolute atomic E-state index is 13.9. The second-order valence-corrected chi connectivity index (χ2v) is 10.3. The molecule has 3 aromatic rings. The lowest BCUT2D eigenvalue weighted by molar-refractivity contribution is -0.143. The van der Waals surface area contributed by atoms with Crippen molar-refractivity contribution >= 4 is 16.8 Å². The third-order valence-corrected chi connectivity index (χ3v) is 7.95. The van der Waals surface area contributed by atoms with E-state index in [1.165, 1.54) is 0 Å². The summed E-state index contributed by atoms with van der Waals surface area (Å²) in [6.07, 6.45) is 3.02. The number of benzene rings is 2. The fourth-order valence-corrected chi connectivity index (χ4v) is 5.62. The van der Waals surface area contributed by atoms with Crippen molar-refractivity contribution in [1.29, 1.82) is 0 Å². The standard InChI is InChI=1S/C29H34F3N3O4/c1-18-17-33-25-6-5-20(39-2)16-22(25)27(18)26(36)7-8-29(28(37)34-38)9-12-35(13-10-29)11-3-4-21-23(31)14-19(30)15-24(21)32/h5-6,14-17,26,36,38H,3-4,7-13H2,1-2H3,(H,34,37)/t26-/m1/s1. The summed E-state index contributed by atoms with van der Waals surface area (Å²) in [7, 11) is 1.57. The lowest BCUT2D eigenvalue weighted by Gasteiger charge is -2.40. The number of hydrogen-bond donors (Lipinski definition) is 3. The van der Waals surface area contributed by atoms with Crippen LogP contribution in [-0.2, 0) is 11.2 Å². The van der Waals surface area contributed by atoms with Crippen molar-refractivity contribution in [3.8, 4) is 5.75 Å². The number of pyridine rings is 1. The summed E-state index contributed by atoms with van der Waals surface area (Å²) in [5, 5.41) is 21.5. The highest BCUT2D eigenvalue weighted by Crippen LogP contribution is 2.40. The molecule has 7 nitrogen and oxygen atoms in total. The number of methoxy groups -OCH3 is 1. The maximum atomic E-state index is 13.9. The molecule has 1 amide bonds. The first kappa shape index (κ1) is 28.8. The van der Waals surface area contributed by atoms with Crippen molar-refractivity contribution in [1.82, 2.24) is 15.4 Å². The van der Waals surface area contributed by atoms with Gasteiger partial charge in [0.05, 0.1) is 24.1 Å². The molecular weight excluding hydrogens is 511 g/mol. The number of likely N-dealkylation sites (tertiary alicyclic amines) is 1. The Morgan fingerprint density at radius 1 is 1.18 bits per heavy atom. The Morgan fingerprint density at radius 2 is 1.87 bits per heavy atom. The van der Waals surface area contributed by atoms with Crippen LogP contribution in [0.25, 0.3) is 10.9 Å². The van der Waals surface area contributed by atoms with Gasteiger partial charge >= 0.3 is 0 Å². The number of hydroxylamine groups is 1. The van der Waals surface area contributed by atoms with Crippen LogP contribution < -0.4 is 10.2 Å². The fraction of sp³-hybridized carbons (Fsp3) is 0.448. The molecule has 2 heterocycles. The molecule has 4 rings (SSSR count). The van der Waals surface area contributed by atoms with E-state index in [4.69, 9.17) is 4.74 Å². The molecule has 10 heteroatoms. The Morgan fingerprint density at radius 3 is 2.51 bits per heavy atom. The number of amides is 1. The maximum Gasteiger partial charge on any atom is 0.249 e. The first-order valence-electron chi connectivity index (χ1n) is 13.1. The van der Waals surface area contributed by atoms with Crippen LogP contribution in [0.5, 0.6) is 5.75 Å². The number of aromatic nitrogens is 1. The average Bonchev–Trinajstić information content (AvgIpc) is 2.93. The van der Waals surface area contributed by atoms with Gasteiger partial charge in [-0.15, -0.1) is 0 Å². The van der Waals surface area contributed by atoms with Gasteiger partial charge in [0, 0.05) is 29.3 Å². The van der Waals surface area contributed by atoms with Gasteiger partial charge in [0.2, 0.25) is 5.91 Å².